The van der Waals surface area contributed by atoms with Gasteiger partial charge in [-0.2, -0.15) is 8.42 Å². The molecule has 156 valence electrons. The number of methoxy groups -OCH3 is 1. The van der Waals surface area contributed by atoms with Crippen LogP contribution in [0.4, 0.5) is 0 Å². The summed E-state index contributed by atoms with van der Waals surface area (Å²) < 4.78 is 35.5. The van der Waals surface area contributed by atoms with Gasteiger partial charge < -0.3 is 8.92 Å². The number of carbonyl (C=O) groups is 1. The molecule has 0 spiro atoms. The SMILES string of the molecule is COC(=O)c1cc(OS(=O)(=O)c2ccc(C)cc2)nc(-c2ccc3ccccc3c2)c1. The van der Waals surface area contributed by atoms with Gasteiger partial charge in [-0.05, 0) is 42.0 Å². The predicted octanol–water partition coefficient (Wildman–Crippen LogP) is 4.76. The molecular weight excluding hydrogens is 414 g/mol. The highest BCUT2D eigenvalue weighted by molar-refractivity contribution is 7.87. The van der Waals surface area contributed by atoms with Crippen LogP contribution in [0.1, 0.15) is 15.9 Å². The fourth-order valence-corrected chi connectivity index (χ4v) is 4.02. The van der Waals surface area contributed by atoms with E-state index in [-0.39, 0.29) is 16.3 Å². The Bertz CT molecular complexity index is 1380. The largest absolute Gasteiger partial charge is 0.465 e. The molecular formula is C24H19NO5S. The second-order valence-corrected chi connectivity index (χ2v) is 8.53. The number of aromatic nitrogens is 1. The predicted molar refractivity (Wildman–Crippen MR) is 118 cm³/mol. The van der Waals surface area contributed by atoms with Gasteiger partial charge >= 0.3 is 16.1 Å². The number of carbonyl (C=O) groups excluding carboxylic acids is 1. The number of rotatable bonds is 5. The van der Waals surface area contributed by atoms with E-state index in [1.165, 1.54) is 25.3 Å². The van der Waals surface area contributed by atoms with Gasteiger partial charge in [0.25, 0.3) is 0 Å². The van der Waals surface area contributed by atoms with Crippen LogP contribution in [0.15, 0.2) is 83.8 Å². The molecule has 0 N–H and O–H groups in total. The van der Waals surface area contributed by atoms with Gasteiger partial charge in [-0.15, -0.1) is 0 Å². The maximum absolute atomic E-state index is 12.7. The van der Waals surface area contributed by atoms with E-state index in [9.17, 15) is 13.2 Å². The molecule has 0 atom stereocenters. The zero-order chi connectivity index (χ0) is 22.0. The van der Waals surface area contributed by atoms with Gasteiger partial charge in [-0.3, -0.25) is 0 Å². The molecule has 0 aliphatic heterocycles. The Morgan fingerprint density at radius 3 is 2.29 bits per heavy atom. The Morgan fingerprint density at radius 1 is 0.871 bits per heavy atom. The average molecular weight is 433 g/mol. The van der Waals surface area contributed by atoms with Crippen LogP contribution in [0.25, 0.3) is 22.0 Å². The van der Waals surface area contributed by atoms with Crippen LogP contribution in [-0.2, 0) is 14.9 Å². The molecule has 6 nitrogen and oxygen atoms in total. The molecule has 0 bridgehead atoms. The third-order valence-electron chi connectivity index (χ3n) is 4.77. The number of pyridine rings is 1. The number of nitrogens with zero attached hydrogens (tertiary/aromatic N) is 1. The van der Waals surface area contributed by atoms with Crippen molar-refractivity contribution < 1.29 is 22.1 Å². The molecule has 0 saturated carbocycles. The molecule has 3 aromatic carbocycles. The van der Waals surface area contributed by atoms with E-state index < -0.39 is 16.1 Å². The van der Waals surface area contributed by atoms with E-state index >= 15 is 0 Å². The number of benzene rings is 3. The van der Waals surface area contributed by atoms with Crippen LogP contribution in [-0.4, -0.2) is 26.5 Å². The lowest BCUT2D eigenvalue weighted by Gasteiger charge is -2.11. The lowest BCUT2D eigenvalue weighted by atomic mass is 10.0. The number of esters is 1. The Morgan fingerprint density at radius 2 is 1.58 bits per heavy atom. The third-order valence-corrected chi connectivity index (χ3v) is 6.01. The van der Waals surface area contributed by atoms with Crippen LogP contribution in [0.3, 0.4) is 0 Å². The zero-order valence-corrected chi connectivity index (χ0v) is 17.7. The van der Waals surface area contributed by atoms with Crippen molar-refractivity contribution in [3.63, 3.8) is 0 Å². The molecule has 0 fully saturated rings. The van der Waals surface area contributed by atoms with Crippen LogP contribution in [0.5, 0.6) is 5.88 Å². The zero-order valence-electron chi connectivity index (χ0n) is 16.9. The lowest BCUT2D eigenvalue weighted by Crippen LogP contribution is -2.12. The molecule has 1 heterocycles. The van der Waals surface area contributed by atoms with Crippen molar-refractivity contribution >= 4 is 26.9 Å². The Labute approximate surface area is 180 Å². The highest BCUT2D eigenvalue weighted by atomic mass is 32.2. The van der Waals surface area contributed by atoms with Crippen molar-refractivity contribution in [3.8, 4) is 17.1 Å². The summed E-state index contributed by atoms with van der Waals surface area (Å²) in [6.07, 6.45) is 0. The summed E-state index contributed by atoms with van der Waals surface area (Å²) >= 11 is 0. The molecule has 31 heavy (non-hydrogen) atoms. The van der Waals surface area contributed by atoms with Crippen molar-refractivity contribution in [1.29, 1.82) is 0 Å². The van der Waals surface area contributed by atoms with Crippen LogP contribution >= 0.6 is 0 Å². The molecule has 4 rings (SSSR count). The average Bonchev–Trinajstić information content (AvgIpc) is 2.78. The first kappa shape index (κ1) is 20.6. The van der Waals surface area contributed by atoms with E-state index in [0.717, 1.165) is 16.3 Å². The van der Waals surface area contributed by atoms with Gasteiger partial charge in [0, 0.05) is 11.6 Å². The molecule has 0 unspecified atom stereocenters. The van der Waals surface area contributed by atoms with Crippen LogP contribution in [0.2, 0.25) is 0 Å². The van der Waals surface area contributed by atoms with E-state index in [4.69, 9.17) is 8.92 Å². The highest BCUT2D eigenvalue weighted by Gasteiger charge is 2.20. The molecule has 7 heteroatoms. The Hall–Kier alpha value is -3.71. The van der Waals surface area contributed by atoms with Gasteiger partial charge in [-0.25, -0.2) is 9.78 Å². The standard InChI is InChI=1S/C24H19NO5S/c1-16-7-11-21(12-8-16)31(27,28)30-23-15-20(24(26)29-2)14-22(25-23)19-10-9-17-5-3-4-6-18(17)13-19/h3-15H,1-2H3. The summed E-state index contributed by atoms with van der Waals surface area (Å²) in [4.78, 5) is 16.5. The van der Waals surface area contributed by atoms with Crippen LogP contribution in [0, 0.1) is 6.92 Å². The first-order chi connectivity index (χ1) is 14.9. The molecule has 1 aromatic heterocycles. The van der Waals surface area contributed by atoms with E-state index in [0.29, 0.717) is 11.3 Å². The van der Waals surface area contributed by atoms with Gasteiger partial charge in [0.15, 0.2) is 0 Å². The summed E-state index contributed by atoms with van der Waals surface area (Å²) in [5.74, 6) is -0.839. The first-order valence-corrected chi connectivity index (χ1v) is 10.9. The van der Waals surface area contributed by atoms with Crippen molar-refractivity contribution in [3.05, 3.63) is 90.0 Å². The molecule has 0 aliphatic rings. The lowest BCUT2D eigenvalue weighted by molar-refractivity contribution is 0.0600. The number of aryl methyl sites for hydroxylation is 1. The van der Waals surface area contributed by atoms with Crippen LogP contribution < -0.4 is 4.18 Å². The Kier molecular flexibility index (Phi) is 5.44. The normalized spacial score (nSPS) is 11.3. The summed E-state index contributed by atoms with van der Waals surface area (Å²) in [6, 6.07) is 22.6. The monoisotopic (exact) mass is 433 g/mol. The van der Waals surface area contributed by atoms with Gasteiger partial charge in [0.1, 0.15) is 4.90 Å². The quantitative estimate of drug-likeness (QED) is 0.333. The molecule has 0 amide bonds. The van der Waals surface area contributed by atoms with Crippen molar-refractivity contribution in [2.75, 3.05) is 7.11 Å². The summed E-state index contributed by atoms with van der Waals surface area (Å²) in [6.45, 7) is 1.86. The maximum atomic E-state index is 12.7. The minimum absolute atomic E-state index is 0.00405. The second-order valence-electron chi connectivity index (χ2n) is 6.98. The second kappa shape index (κ2) is 8.20. The van der Waals surface area contributed by atoms with Gasteiger partial charge in [-0.1, -0.05) is 54.1 Å². The molecule has 0 saturated heterocycles. The number of fused-ring (bicyclic) bond motifs is 1. The van der Waals surface area contributed by atoms with Gasteiger partial charge in [0.05, 0.1) is 18.4 Å². The maximum Gasteiger partial charge on any atom is 0.340 e. The van der Waals surface area contributed by atoms with E-state index in [1.807, 2.05) is 49.4 Å². The highest BCUT2D eigenvalue weighted by Crippen LogP contribution is 2.27. The number of hydrogen-bond donors (Lipinski definition) is 0. The molecule has 0 radical (unpaired) electrons. The topological polar surface area (TPSA) is 82.6 Å². The van der Waals surface area contributed by atoms with Gasteiger partial charge in [0.2, 0.25) is 5.88 Å². The van der Waals surface area contributed by atoms with Crippen molar-refractivity contribution in [2.24, 2.45) is 0 Å². The van der Waals surface area contributed by atoms with Crippen molar-refractivity contribution in [2.45, 2.75) is 11.8 Å². The number of hydrogen-bond acceptors (Lipinski definition) is 6. The molecule has 4 aromatic rings. The fraction of sp³-hybridized carbons (Fsp3) is 0.0833. The summed E-state index contributed by atoms with van der Waals surface area (Å²) in [7, 11) is -2.88. The molecule has 0 aliphatic carbocycles. The van der Waals surface area contributed by atoms with E-state index in [2.05, 4.69) is 4.98 Å². The summed E-state index contributed by atoms with van der Waals surface area (Å²) in [5, 5.41) is 2.04. The fourth-order valence-electron chi connectivity index (χ4n) is 3.15. The number of ether oxygens (including phenoxy) is 1. The minimum atomic E-state index is -4.13. The minimum Gasteiger partial charge on any atom is -0.465 e. The summed E-state index contributed by atoms with van der Waals surface area (Å²) in [5.41, 5.74) is 2.16. The smallest absolute Gasteiger partial charge is 0.340 e. The Balaban J connectivity index is 1.79. The third kappa shape index (κ3) is 4.41. The van der Waals surface area contributed by atoms with Crippen molar-refractivity contribution in [1.82, 2.24) is 4.98 Å². The first-order valence-electron chi connectivity index (χ1n) is 9.46. The van der Waals surface area contributed by atoms with E-state index in [1.54, 1.807) is 18.2 Å².